The van der Waals surface area contributed by atoms with Crippen molar-refractivity contribution in [3.63, 3.8) is 0 Å². The topological polar surface area (TPSA) is 83.8 Å². The smallest absolute Gasteiger partial charge is 0.343 e. The number of amides is 1. The zero-order valence-corrected chi connectivity index (χ0v) is 21.6. The first-order chi connectivity index (χ1) is 17.9. The molecule has 8 heteroatoms. The molecule has 1 heterocycles. The molecular formula is C29H30ClN3O4. The number of likely N-dealkylation sites (N-methyl/N-ethyl adjacent to an activating group) is 1. The van der Waals surface area contributed by atoms with E-state index in [0.717, 1.165) is 24.0 Å². The largest absolute Gasteiger partial charge is 0.421 e. The number of rotatable bonds is 10. The monoisotopic (exact) mass is 519 g/mol. The van der Waals surface area contributed by atoms with Gasteiger partial charge in [0, 0.05) is 23.5 Å². The van der Waals surface area contributed by atoms with Crippen molar-refractivity contribution < 1.29 is 19.4 Å². The lowest BCUT2D eigenvalue weighted by Crippen LogP contribution is -2.40. The van der Waals surface area contributed by atoms with Crippen LogP contribution in [0.4, 0.5) is 0 Å². The summed E-state index contributed by atoms with van der Waals surface area (Å²) in [4.78, 5) is 28.3. The molecule has 0 saturated carbocycles. The number of ether oxygens (including phenoxy) is 1. The van der Waals surface area contributed by atoms with Crippen LogP contribution in [0.25, 0.3) is 16.6 Å². The first-order valence-electron chi connectivity index (χ1n) is 12.3. The molecule has 0 bridgehead atoms. The van der Waals surface area contributed by atoms with Gasteiger partial charge in [0.15, 0.2) is 5.75 Å². The number of para-hydroxylation sites is 3. The quantitative estimate of drug-likeness (QED) is 0.229. The molecule has 4 rings (SSSR count). The van der Waals surface area contributed by atoms with Gasteiger partial charge in [0.25, 0.3) is 5.91 Å². The molecule has 0 aliphatic carbocycles. The van der Waals surface area contributed by atoms with Gasteiger partial charge in [0.1, 0.15) is 5.69 Å². The summed E-state index contributed by atoms with van der Waals surface area (Å²) in [5, 5.41) is 14.6. The summed E-state index contributed by atoms with van der Waals surface area (Å²) in [6.45, 7) is 6.29. The number of esters is 1. The zero-order chi connectivity index (χ0) is 26.4. The van der Waals surface area contributed by atoms with E-state index < -0.39 is 12.1 Å². The fraction of sp³-hybridized carbons (Fsp3) is 0.241. The minimum atomic E-state index is -0.701. The van der Waals surface area contributed by atoms with Crippen LogP contribution in [0.5, 0.6) is 5.75 Å². The zero-order valence-electron chi connectivity index (χ0n) is 20.9. The molecule has 1 unspecified atom stereocenters. The Morgan fingerprint density at radius 3 is 2.49 bits per heavy atom. The molecule has 37 heavy (non-hydrogen) atoms. The van der Waals surface area contributed by atoms with Crippen molar-refractivity contribution in [2.45, 2.75) is 20.0 Å². The average Bonchev–Trinajstić information content (AvgIpc) is 3.30. The van der Waals surface area contributed by atoms with Crippen LogP contribution in [0.1, 0.15) is 34.7 Å². The van der Waals surface area contributed by atoms with Gasteiger partial charge in [-0.2, -0.15) is 0 Å². The highest BCUT2D eigenvalue weighted by Gasteiger charge is 2.21. The Balaban J connectivity index is 1.66. The van der Waals surface area contributed by atoms with Crippen LogP contribution in [0.3, 0.4) is 0 Å². The highest BCUT2D eigenvalue weighted by atomic mass is 35.5. The Kier molecular flexibility index (Phi) is 8.61. The van der Waals surface area contributed by atoms with E-state index in [0.29, 0.717) is 34.3 Å². The van der Waals surface area contributed by atoms with Crippen LogP contribution < -0.4 is 10.1 Å². The number of carbonyl (C=O) groups excluding carboxylic acids is 2. The molecule has 0 fully saturated rings. The van der Waals surface area contributed by atoms with Crippen molar-refractivity contribution in [3.8, 4) is 11.4 Å². The van der Waals surface area contributed by atoms with Gasteiger partial charge >= 0.3 is 5.97 Å². The summed E-state index contributed by atoms with van der Waals surface area (Å²) in [7, 11) is 0. The number of fused-ring (bicyclic) bond motifs is 1. The summed E-state index contributed by atoms with van der Waals surface area (Å²) in [5.41, 5.74) is 2.00. The third-order valence-electron chi connectivity index (χ3n) is 6.17. The molecule has 2 N–H and O–H groups in total. The van der Waals surface area contributed by atoms with Gasteiger partial charge < -0.3 is 24.6 Å². The van der Waals surface area contributed by atoms with Gasteiger partial charge in [0.2, 0.25) is 0 Å². The van der Waals surface area contributed by atoms with Crippen LogP contribution >= 0.6 is 11.6 Å². The molecule has 0 radical (unpaired) electrons. The number of hydrogen-bond acceptors (Lipinski definition) is 5. The number of aromatic nitrogens is 1. The van der Waals surface area contributed by atoms with E-state index in [1.165, 1.54) is 0 Å². The Morgan fingerprint density at radius 1 is 1.00 bits per heavy atom. The lowest BCUT2D eigenvalue weighted by Gasteiger charge is -2.22. The van der Waals surface area contributed by atoms with E-state index in [9.17, 15) is 14.7 Å². The molecule has 0 aliphatic heterocycles. The maximum Gasteiger partial charge on any atom is 0.343 e. The SMILES string of the molecule is CCN(CC)CC(O)CNC(=O)c1cc2ccccc2n1-c1ccccc1OC(=O)c1cccc(Cl)c1. The highest BCUT2D eigenvalue weighted by Crippen LogP contribution is 2.31. The fourth-order valence-electron chi connectivity index (χ4n) is 4.23. The van der Waals surface area contributed by atoms with E-state index in [4.69, 9.17) is 16.3 Å². The summed E-state index contributed by atoms with van der Waals surface area (Å²) in [5.74, 6) is -0.604. The Hall–Kier alpha value is -3.65. The third kappa shape index (κ3) is 6.20. The van der Waals surface area contributed by atoms with Gasteiger partial charge in [-0.3, -0.25) is 4.79 Å². The molecule has 0 spiro atoms. The molecule has 1 amide bonds. The minimum Gasteiger partial charge on any atom is -0.421 e. The fourth-order valence-corrected chi connectivity index (χ4v) is 4.42. The summed E-state index contributed by atoms with van der Waals surface area (Å²) in [6.07, 6.45) is -0.701. The van der Waals surface area contributed by atoms with Crippen molar-refractivity contribution in [1.29, 1.82) is 0 Å². The number of aliphatic hydroxyl groups excluding tert-OH is 1. The van der Waals surface area contributed by atoms with Gasteiger partial charge in [-0.05, 0) is 55.6 Å². The van der Waals surface area contributed by atoms with Crippen molar-refractivity contribution in [2.24, 2.45) is 0 Å². The van der Waals surface area contributed by atoms with Gasteiger partial charge in [-0.25, -0.2) is 4.79 Å². The molecule has 192 valence electrons. The summed E-state index contributed by atoms with van der Waals surface area (Å²) >= 11 is 6.04. The van der Waals surface area contributed by atoms with Crippen molar-refractivity contribution in [3.05, 3.63) is 95.1 Å². The second kappa shape index (κ2) is 12.1. The lowest BCUT2D eigenvalue weighted by molar-refractivity contribution is 0.0734. The number of hydrogen-bond donors (Lipinski definition) is 2. The van der Waals surface area contributed by atoms with Crippen LogP contribution in [0.2, 0.25) is 5.02 Å². The summed E-state index contributed by atoms with van der Waals surface area (Å²) in [6, 6.07) is 23.0. The van der Waals surface area contributed by atoms with E-state index in [1.54, 1.807) is 53.1 Å². The van der Waals surface area contributed by atoms with Gasteiger partial charge in [-0.15, -0.1) is 0 Å². The summed E-state index contributed by atoms with van der Waals surface area (Å²) < 4.78 is 7.53. The average molecular weight is 520 g/mol. The van der Waals surface area contributed by atoms with Crippen LogP contribution in [-0.2, 0) is 0 Å². The van der Waals surface area contributed by atoms with Crippen molar-refractivity contribution in [2.75, 3.05) is 26.2 Å². The van der Waals surface area contributed by atoms with Crippen molar-refractivity contribution in [1.82, 2.24) is 14.8 Å². The van der Waals surface area contributed by atoms with E-state index in [2.05, 4.69) is 10.2 Å². The molecule has 7 nitrogen and oxygen atoms in total. The molecule has 1 aromatic heterocycles. The third-order valence-corrected chi connectivity index (χ3v) is 6.41. The Morgan fingerprint density at radius 2 is 1.73 bits per heavy atom. The first kappa shape index (κ1) is 26.4. The molecule has 0 saturated heterocycles. The number of halogens is 1. The maximum absolute atomic E-state index is 13.4. The number of nitrogens with one attached hydrogen (secondary N) is 1. The normalized spacial score (nSPS) is 12.0. The predicted octanol–water partition coefficient (Wildman–Crippen LogP) is 4.94. The van der Waals surface area contributed by atoms with Crippen LogP contribution in [-0.4, -0.2) is 58.7 Å². The molecule has 4 aromatic rings. The van der Waals surface area contributed by atoms with E-state index in [-0.39, 0.29) is 12.5 Å². The minimum absolute atomic E-state index is 0.113. The molecular weight excluding hydrogens is 490 g/mol. The first-order valence-corrected chi connectivity index (χ1v) is 12.6. The lowest BCUT2D eigenvalue weighted by atomic mass is 10.2. The van der Waals surface area contributed by atoms with Crippen molar-refractivity contribution >= 4 is 34.4 Å². The highest BCUT2D eigenvalue weighted by molar-refractivity contribution is 6.30. The Labute approximate surface area is 221 Å². The predicted molar refractivity (Wildman–Crippen MR) is 146 cm³/mol. The standard InChI is InChI=1S/C29H30ClN3O4/c1-3-32(4-2)19-23(34)18-31-28(35)26-17-20-10-5-6-13-24(20)33(26)25-14-7-8-15-27(25)37-29(36)21-11-9-12-22(30)16-21/h5-17,23,34H,3-4,18-19H2,1-2H3,(H,31,35). The van der Waals surface area contributed by atoms with Gasteiger partial charge in [0.05, 0.1) is 22.9 Å². The second-order valence-corrected chi connectivity index (χ2v) is 9.08. The van der Waals surface area contributed by atoms with Crippen LogP contribution in [0.15, 0.2) is 78.9 Å². The Bertz CT molecular complexity index is 1400. The molecule has 3 aromatic carbocycles. The number of benzene rings is 3. The number of carbonyl (C=O) groups is 2. The molecule has 1 atom stereocenters. The molecule has 0 aliphatic rings. The van der Waals surface area contributed by atoms with Gasteiger partial charge in [-0.1, -0.05) is 61.8 Å². The van der Waals surface area contributed by atoms with E-state index in [1.807, 2.05) is 44.2 Å². The van der Waals surface area contributed by atoms with E-state index >= 15 is 0 Å². The number of aliphatic hydroxyl groups is 1. The van der Waals surface area contributed by atoms with Crippen LogP contribution in [0, 0.1) is 0 Å². The number of nitrogens with zero attached hydrogens (tertiary/aromatic N) is 2. The second-order valence-electron chi connectivity index (χ2n) is 8.64. The maximum atomic E-state index is 13.4.